The molecule has 0 amide bonds. The second-order valence-corrected chi connectivity index (χ2v) is 4.36. The van der Waals surface area contributed by atoms with Crippen LogP contribution in [0.4, 0.5) is 0 Å². The molecule has 0 radical (unpaired) electrons. The van der Waals surface area contributed by atoms with Gasteiger partial charge in [-0.05, 0) is 20.8 Å². The monoisotopic (exact) mass is 194 g/mol. The Morgan fingerprint density at radius 2 is 2.14 bits per heavy atom. The minimum absolute atomic E-state index is 0.248. The van der Waals surface area contributed by atoms with Gasteiger partial charge in [-0.1, -0.05) is 0 Å². The van der Waals surface area contributed by atoms with Gasteiger partial charge in [0.2, 0.25) is 0 Å². The molecule has 1 aliphatic rings. The molecule has 0 bridgehead atoms. The van der Waals surface area contributed by atoms with Gasteiger partial charge in [-0.2, -0.15) is 5.10 Å². The Morgan fingerprint density at radius 3 is 2.79 bits per heavy atom. The first-order valence-electron chi connectivity index (χ1n) is 4.66. The maximum atomic E-state index is 11.7. The van der Waals surface area contributed by atoms with E-state index in [0.29, 0.717) is 5.56 Å². The molecule has 0 N–H and O–H groups in total. The van der Waals surface area contributed by atoms with Crippen molar-refractivity contribution in [2.75, 3.05) is 0 Å². The first-order chi connectivity index (χ1) is 6.41. The zero-order valence-electron chi connectivity index (χ0n) is 8.92. The first-order valence-corrected chi connectivity index (χ1v) is 4.66. The first kappa shape index (κ1) is 9.24. The van der Waals surface area contributed by atoms with Crippen molar-refractivity contribution in [1.82, 2.24) is 9.78 Å². The average molecular weight is 194 g/mol. The topological polar surface area (TPSA) is 44.1 Å². The van der Waals surface area contributed by atoms with E-state index in [-0.39, 0.29) is 5.97 Å². The third-order valence-electron chi connectivity index (χ3n) is 2.51. The fourth-order valence-corrected chi connectivity index (χ4v) is 1.92. The maximum Gasteiger partial charge on any atom is 0.342 e. The van der Waals surface area contributed by atoms with Crippen molar-refractivity contribution >= 4 is 5.97 Å². The lowest BCUT2D eigenvalue weighted by molar-refractivity contribution is -0.00743. The number of carbonyl (C=O) groups is 1. The summed E-state index contributed by atoms with van der Waals surface area (Å²) in [4.78, 5) is 11.7. The molecule has 4 heteroatoms. The van der Waals surface area contributed by atoms with Crippen LogP contribution in [0.3, 0.4) is 0 Å². The summed E-state index contributed by atoms with van der Waals surface area (Å²) in [6, 6.07) is 0. The average Bonchev–Trinajstić information content (AvgIpc) is 2.24. The molecule has 0 saturated carbocycles. The lowest BCUT2D eigenvalue weighted by Crippen LogP contribution is -2.36. The third-order valence-corrected chi connectivity index (χ3v) is 2.51. The van der Waals surface area contributed by atoms with Crippen LogP contribution in [0.1, 0.15) is 35.6 Å². The summed E-state index contributed by atoms with van der Waals surface area (Å²) < 4.78 is 7.07. The van der Waals surface area contributed by atoms with Crippen LogP contribution in [0.2, 0.25) is 0 Å². The van der Waals surface area contributed by atoms with Crippen LogP contribution in [-0.2, 0) is 18.2 Å². The number of esters is 1. The highest BCUT2D eigenvalue weighted by Gasteiger charge is 2.36. The van der Waals surface area contributed by atoms with Crippen LogP contribution in [0, 0.1) is 6.92 Å². The highest BCUT2D eigenvalue weighted by Crippen LogP contribution is 2.28. The summed E-state index contributed by atoms with van der Waals surface area (Å²) in [5, 5.41) is 4.22. The van der Waals surface area contributed by atoms with Crippen molar-refractivity contribution in [2.45, 2.75) is 32.8 Å². The number of rotatable bonds is 0. The van der Waals surface area contributed by atoms with Gasteiger partial charge in [0.25, 0.3) is 0 Å². The Morgan fingerprint density at radius 1 is 1.50 bits per heavy atom. The summed E-state index contributed by atoms with van der Waals surface area (Å²) in [6.45, 7) is 5.66. The van der Waals surface area contributed by atoms with E-state index in [4.69, 9.17) is 4.74 Å². The van der Waals surface area contributed by atoms with Gasteiger partial charge in [-0.15, -0.1) is 0 Å². The zero-order chi connectivity index (χ0) is 10.5. The number of ether oxygens (including phenoxy) is 1. The molecule has 2 rings (SSSR count). The van der Waals surface area contributed by atoms with E-state index in [1.165, 1.54) is 0 Å². The summed E-state index contributed by atoms with van der Waals surface area (Å²) in [5.74, 6) is -0.248. The minimum Gasteiger partial charge on any atom is -0.456 e. The van der Waals surface area contributed by atoms with Gasteiger partial charge < -0.3 is 4.74 Å². The molecule has 2 heterocycles. The largest absolute Gasteiger partial charge is 0.456 e. The fraction of sp³-hybridized carbons (Fsp3) is 0.600. The second-order valence-electron chi connectivity index (χ2n) is 4.36. The van der Waals surface area contributed by atoms with E-state index in [2.05, 4.69) is 5.10 Å². The molecule has 14 heavy (non-hydrogen) atoms. The van der Waals surface area contributed by atoms with Gasteiger partial charge >= 0.3 is 5.97 Å². The molecule has 1 aromatic rings. The molecule has 1 aliphatic heterocycles. The molecule has 0 saturated heterocycles. The molecular weight excluding hydrogens is 180 g/mol. The minimum atomic E-state index is -0.412. The van der Waals surface area contributed by atoms with Crippen molar-refractivity contribution in [1.29, 1.82) is 0 Å². The molecule has 0 spiro atoms. The molecule has 4 nitrogen and oxygen atoms in total. The van der Waals surface area contributed by atoms with Gasteiger partial charge in [0, 0.05) is 13.5 Å². The fourth-order valence-electron chi connectivity index (χ4n) is 1.92. The van der Waals surface area contributed by atoms with Crippen molar-refractivity contribution in [2.24, 2.45) is 7.05 Å². The van der Waals surface area contributed by atoms with Gasteiger partial charge in [0.1, 0.15) is 11.2 Å². The Labute approximate surface area is 82.9 Å². The van der Waals surface area contributed by atoms with Crippen LogP contribution in [-0.4, -0.2) is 21.4 Å². The second kappa shape index (κ2) is 2.59. The van der Waals surface area contributed by atoms with E-state index in [0.717, 1.165) is 17.8 Å². The number of aromatic nitrogens is 2. The normalized spacial score (nSPS) is 19.0. The SMILES string of the molecule is Cc1nn(C)c2c1C(=O)OC(C)(C)C2. The Bertz CT molecular complexity index is 404. The standard InChI is InChI=1S/C10H14N2O2/c1-6-8-7(12(4)11-6)5-10(2,3)14-9(8)13/h5H2,1-4H3. The predicted octanol–water partition coefficient (Wildman–Crippen LogP) is 1.22. The Kier molecular flexibility index (Phi) is 1.71. The van der Waals surface area contributed by atoms with E-state index >= 15 is 0 Å². The third kappa shape index (κ3) is 1.22. The molecule has 1 aromatic heterocycles. The van der Waals surface area contributed by atoms with Crippen molar-refractivity contribution in [3.8, 4) is 0 Å². The number of fused-ring (bicyclic) bond motifs is 1. The van der Waals surface area contributed by atoms with Gasteiger partial charge in [0.05, 0.1) is 11.4 Å². The zero-order valence-corrected chi connectivity index (χ0v) is 8.92. The summed E-state index contributed by atoms with van der Waals surface area (Å²) in [5.41, 5.74) is 1.96. The number of hydrogen-bond acceptors (Lipinski definition) is 3. The lowest BCUT2D eigenvalue weighted by atomic mass is 9.96. The number of carbonyl (C=O) groups excluding carboxylic acids is 1. The smallest absolute Gasteiger partial charge is 0.342 e. The number of aryl methyl sites for hydroxylation is 2. The van der Waals surface area contributed by atoms with Crippen LogP contribution >= 0.6 is 0 Å². The quantitative estimate of drug-likeness (QED) is 0.583. The van der Waals surface area contributed by atoms with Crippen molar-refractivity contribution < 1.29 is 9.53 Å². The molecule has 0 fully saturated rings. The summed E-state index contributed by atoms with van der Waals surface area (Å²) in [6.07, 6.45) is 0.728. The molecule has 0 atom stereocenters. The lowest BCUT2D eigenvalue weighted by Gasteiger charge is -2.29. The van der Waals surface area contributed by atoms with Crippen LogP contribution in [0.25, 0.3) is 0 Å². The number of cyclic esters (lactones) is 1. The van der Waals surface area contributed by atoms with E-state index in [1.807, 2.05) is 27.8 Å². The van der Waals surface area contributed by atoms with Gasteiger partial charge in [0.15, 0.2) is 0 Å². The maximum absolute atomic E-state index is 11.7. The van der Waals surface area contributed by atoms with E-state index in [9.17, 15) is 4.79 Å². The van der Waals surface area contributed by atoms with Gasteiger partial charge in [-0.25, -0.2) is 4.79 Å². The molecule has 0 aliphatic carbocycles. The molecular formula is C10H14N2O2. The van der Waals surface area contributed by atoms with E-state index < -0.39 is 5.60 Å². The van der Waals surface area contributed by atoms with Crippen LogP contribution < -0.4 is 0 Å². The molecule has 0 unspecified atom stereocenters. The van der Waals surface area contributed by atoms with E-state index in [1.54, 1.807) is 4.68 Å². The molecule has 0 aromatic carbocycles. The Balaban J connectivity index is 2.58. The Hall–Kier alpha value is -1.32. The number of hydrogen-bond donors (Lipinski definition) is 0. The van der Waals surface area contributed by atoms with Crippen molar-refractivity contribution in [3.05, 3.63) is 17.0 Å². The van der Waals surface area contributed by atoms with Crippen LogP contribution in [0.15, 0.2) is 0 Å². The summed E-state index contributed by atoms with van der Waals surface area (Å²) >= 11 is 0. The summed E-state index contributed by atoms with van der Waals surface area (Å²) in [7, 11) is 1.86. The van der Waals surface area contributed by atoms with Crippen molar-refractivity contribution in [3.63, 3.8) is 0 Å². The van der Waals surface area contributed by atoms with Crippen LogP contribution in [0.5, 0.6) is 0 Å². The predicted molar refractivity (Wildman–Crippen MR) is 51.1 cm³/mol. The number of nitrogens with zero attached hydrogens (tertiary/aromatic N) is 2. The molecule has 76 valence electrons. The van der Waals surface area contributed by atoms with Gasteiger partial charge in [-0.3, -0.25) is 4.68 Å². The highest BCUT2D eigenvalue weighted by atomic mass is 16.6. The highest BCUT2D eigenvalue weighted by molar-refractivity contribution is 5.93.